The van der Waals surface area contributed by atoms with Gasteiger partial charge in [-0.2, -0.15) is 5.10 Å². The van der Waals surface area contributed by atoms with Crippen molar-refractivity contribution in [3.8, 4) is 5.69 Å². The van der Waals surface area contributed by atoms with E-state index >= 15 is 0 Å². The van der Waals surface area contributed by atoms with Crippen molar-refractivity contribution >= 4 is 17.8 Å². The van der Waals surface area contributed by atoms with Gasteiger partial charge in [-0.05, 0) is 63.9 Å². The predicted octanol–water partition coefficient (Wildman–Crippen LogP) is 4.43. The molecule has 0 atom stereocenters. The van der Waals surface area contributed by atoms with Crippen LogP contribution in [0.2, 0.25) is 0 Å². The van der Waals surface area contributed by atoms with Gasteiger partial charge in [-0.15, -0.1) is 0 Å². The normalized spacial score (nSPS) is 11.5. The van der Waals surface area contributed by atoms with Crippen LogP contribution in [0.25, 0.3) is 11.3 Å². The van der Waals surface area contributed by atoms with Crippen molar-refractivity contribution in [1.29, 1.82) is 0 Å². The molecular formula is C24H25N5O. The summed E-state index contributed by atoms with van der Waals surface area (Å²) in [5.41, 5.74) is 11.3. The number of carbonyl (C=O) groups excluding carboxylic acids is 1. The lowest BCUT2D eigenvalue weighted by Crippen LogP contribution is -2.20. The van der Waals surface area contributed by atoms with Crippen molar-refractivity contribution in [2.45, 2.75) is 34.6 Å². The lowest BCUT2D eigenvalue weighted by Gasteiger charge is -2.15. The van der Waals surface area contributed by atoms with Gasteiger partial charge in [0.2, 0.25) is 0 Å². The highest BCUT2D eigenvalue weighted by Crippen LogP contribution is 2.25. The minimum absolute atomic E-state index is 0.286. The maximum Gasteiger partial charge on any atom is 0.290 e. The van der Waals surface area contributed by atoms with Gasteiger partial charge in [0.25, 0.3) is 5.91 Å². The number of carbonyl (C=O) groups is 1. The molecule has 6 nitrogen and oxygen atoms in total. The first-order chi connectivity index (χ1) is 14.4. The van der Waals surface area contributed by atoms with Gasteiger partial charge < -0.3 is 4.57 Å². The molecule has 152 valence electrons. The number of amides is 1. The molecule has 6 heteroatoms. The van der Waals surface area contributed by atoms with E-state index in [9.17, 15) is 4.79 Å². The molecule has 0 spiro atoms. The summed E-state index contributed by atoms with van der Waals surface area (Å²) in [4.78, 5) is 17.1. The van der Waals surface area contributed by atoms with E-state index < -0.39 is 0 Å². The molecule has 3 heterocycles. The van der Waals surface area contributed by atoms with Crippen LogP contribution in [0.15, 0.2) is 53.8 Å². The Morgan fingerprint density at radius 2 is 1.77 bits per heavy atom. The van der Waals surface area contributed by atoms with E-state index in [2.05, 4.69) is 72.0 Å². The molecule has 1 N–H and O–H groups in total. The number of benzene rings is 1. The number of fused-ring (bicyclic) bond motifs is 1. The summed E-state index contributed by atoms with van der Waals surface area (Å²) in [6.07, 6.45) is 3.52. The maximum atomic E-state index is 12.7. The lowest BCUT2D eigenvalue weighted by molar-refractivity contribution is 0.0948. The van der Waals surface area contributed by atoms with Crippen LogP contribution in [-0.2, 0) is 0 Å². The smallest absolute Gasteiger partial charge is 0.290 e. The van der Waals surface area contributed by atoms with Crippen LogP contribution in [0.4, 0.5) is 0 Å². The number of aryl methyl sites for hydroxylation is 4. The first kappa shape index (κ1) is 19.6. The average Bonchev–Trinajstić information content (AvgIpc) is 3.18. The van der Waals surface area contributed by atoms with Crippen LogP contribution >= 0.6 is 0 Å². The summed E-state index contributed by atoms with van der Waals surface area (Å²) in [5, 5.41) is 4.22. The summed E-state index contributed by atoms with van der Waals surface area (Å²) in [7, 11) is 0. The monoisotopic (exact) mass is 399 g/mol. The number of hydrogen-bond donors (Lipinski definition) is 1. The summed E-state index contributed by atoms with van der Waals surface area (Å²) in [5.74, 6) is -0.286. The van der Waals surface area contributed by atoms with E-state index in [1.807, 2.05) is 31.3 Å². The number of nitrogens with one attached hydrogen (secondary N) is 1. The number of hydrogen-bond acceptors (Lipinski definition) is 3. The SMILES string of the molecule is Cc1cccc(C)c1-n1c(C)cc(/C=N/NC(=O)c2c(C)nc3ccccn23)c1C. The van der Waals surface area contributed by atoms with Gasteiger partial charge >= 0.3 is 0 Å². The zero-order chi connectivity index (χ0) is 21.4. The van der Waals surface area contributed by atoms with E-state index in [0.29, 0.717) is 11.4 Å². The van der Waals surface area contributed by atoms with Crippen LogP contribution in [0.5, 0.6) is 0 Å². The van der Waals surface area contributed by atoms with Crippen molar-refractivity contribution in [1.82, 2.24) is 19.4 Å². The fourth-order valence-corrected chi connectivity index (χ4v) is 4.02. The molecule has 0 bridgehead atoms. The second-order valence-electron chi connectivity index (χ2n) is 7.58. The molecule has 0 radical (unpaired) electrons. The lowest BCUT2D eigenvalue weighted by atomic mass is 10.1. The largest absolute Gasteiger partial charge is 0.317 e. The maximum absolute atomic E-state index is 12.7. The van der Waals surface area contributed by atoms with Gasteiger partial charge in [-0.25, -0.2) is 10.4 Å². The van der Waals surface area contributed by atoms with E-state index in [-0.39, 0.29) is 5.91 Å². The standard InChI is InChI=1S/C24H25N5O/c1-15-9-8-10-16(2)22(15)29-17(3)13-20(19(29)5)14-25-27-24(30)23-18(4)26-21-11-6-7-12-28(21)23/h6-14H,1-5H3,(H,27,30)/b25-14+. The minimum atomic E-state index is -0.286. The predicted molar refractivity (Wildman–Crippen MR) is 120 cm³/mol. The Balaban J connectivity index is 1.61. The molecule has 0 aliphatic carbocycles. The highest BCUT2D eigenvalue weighted by molar-refractivity contribution is 5.95. The zero-order valence-corrected chi connectivity index (χ0v) is 17.9. The van der Waals surface area contributed by atoms with Gasteiger partial charge in [-0.3, -0.25) is 9.20 Å². The fourth-order valence-electron chi connectivity index (χ4n) is 4.02. The minimum Gasteiger partial charge on any atom is -0.317 e. The van der Waals surface area contributed by atoms with E-state index in [1.54, 1.807) is 10.6 Å². The number of nitrogens with zero attached hydrogens (tertiary/aromatic N) is 4. The fraction of sp³-hybridized carbons (Fsp3) is 0.208. The molecular weight excluding hydrogens is 374 g/mol. The van der Waals surface area contributed by atoms with Gasteiger partial charge in [-0.1, -0.05) is 24.3 Å². The Hall–Kier alpha value is -3.67. The number of pyridine rings is 1. The molecule has 0 saturated heterocycles. The van der Waals surface area contributed by atoms with E-state index in [0.717, 1.165) is 22.6 Å². The van der Waals surface area contributed by atoms with E-state index in [1.165, 1.54) is 16.8 Å². The highest BCUT2D eigenvalue weighted by Gasteiger charge is 2.16. The number of hydrazone groups is 1. The third-order valence-corrected chi connectivity index (χ3v) is 5.42. The summed E-state index contributed by atoms with van der Waals surface area (Å²) < 4.78 is 4.01. The molecule has 3 aromatic heterocycles. The Labute approximate surface area is 175 Å². The van der Waals surface area contributed by atoms with Crippen molar-refractivity contribution in [3.63, 3.8) is 0 Å². The topological polar surface area (TPSA) is 63.7 Å². The second kappa shape index (κ2) is 7.63. The summed E-state index contributed by atoms with van der Waals surface area (Å²) in [6, 6.07) is 14.0. The molecule has 4 aromatic rings. The highest BCUT2D eigenvalue weighted by atomic mass is 16.2. The van der Waals surface area contributed by atoms with Crippen LogP contribution < -0.4 is 5.43 Å². The third-order valence-electron chi connectivity index (χ3n) is 5.42. The van der Waals surface area contributed by atoms with Crippen LogP contribution in [0.3, 0.4) is 0 Å². The second-order valence-corrected chi connectivity index (χ2v) is 7.58. The van der Waals surface area contributed by atoms with Gasteiger partial charge in [0.15, 0.2) is 0 Å². The molecule has 0 saturated carbocycles. The Bertz CT molecular complexity index is 1270. The molecule has 0 fully saturated rings. The zero-order valence-electron chi connectivity index (χ0n) is 17.9. The van der Waals surface area contributed by atoms with Crippen molar-refractivity contribution in [3.05, 3.63) is 88.1 Å². The van der Waals surface area contributed by atoms with Crippen LogP contribution in [0.1, 0.15) is 44.3 Å². The third kappa shape index (κ3) is 3.30. The Kier molecular flexibility index (Phi) is 4.99. The van der Waals surface area contributed by atoms with Gasteiger partial charge in [0, 0.05) is 23.1 Å². The molecule has 0 aliphatic heterocycles. The first-order valence-corrected chi connectivity index (χ1v) is 9.91. The summed E-state index contributed by atoms with van der Waals surface area (Å²) in [6.45, 7) is 10.2. The first-order valence-electron chi connectivity index (χ1n) is 9.91. The van der Waals surface area contributed by atoms with E-state index in [4.69, 9.17) is 0 Å². The molecule has 1 aromatic carbocycles. The summed E-state index contributed by atoms with van der Waals surface area (Å²) >= 11 is 0. The molecule has 1 amide bonds. The van der Waals surface area contributed by atoms with Crippen LogP contribution in [-0.4, -0.2) is 26.1 Å². The quantitative estimate of drug-likeness (QED) is 0.408. The Morgan fingerprint density at radius 3 is 2.50 bits per heavy atom. The average molecular weight is 399 g/mol. The molecule has 0 unspecified atom stereocenters. The Morgan fingerprint density at radius 1 is 1.03 bits per heavy atom. The molecule has 4 rings (SSSR count). The van der Waals surface area contributed by atoms with Crippen LogP contribution in [0, 0.1) is 34.6 Å². The molecule has 0 aliphatic rings. The molecule has 30 heavy (non-hydrogen) atoms. The van der Waals surface area contributed by atoms with Crippen molar-refractivity contribution in [2.75, 3.05) is 0 Å². The van der Waals surface area contributed by atoms with Gasteiger partial charge in [0.05, 0.1) is 17.6 Å². The van der Waals surface area contributed by atoms with Gasteiger partial charge in [0.1, 0.15) is 11.3 Å². The van der Waals surface area contributed by atoms with Crippen molar-refractivity contribution < 1.29 is 4.79 Å². The number of rotatable bonds is 4. The number of para-hydroxylation sites is 1. The number of imidazole rings is 1. The number of aromatic nitrogens is 3. The van der Waals surface area contributed by atoms with Crippen molar-refractivity contribution in [2.24, 2.45) is 5.10 Å².